The van der Waals surface area contributed by atoms with Crippen LogP contribution in [-0.4, -0.2) is 171 Å². The highest BCUT2D eigenvalue weighted by Crippen LogP contribution is 2.50. The molecule has 5 aliphatic rings. The van der Waals surface area contributed by atoms with Gasteiger partial charge in [-0.25, -0.2) is 4.79 Å². The fourth-order valence-corrected chi connectivity index (χ4v) is 14.4. The first-order chi connectivity index (χ1) is 47.6. The summed E-state index contributed by atoms with van der Waals surface area (Å²) in [7, 11) is 1.44. The molecule has 3 aromatic carbocycles. The molecule has 0 radical (unpaired) electrons. The van der Waals surface area contributed by atoms with Gasteiger partial charge in [-0.15, -0.1) is 0 Å². The number of aromatic hydroxyl groups is 2. The molecule has 5 aliphatic heterocycles. The number of imide groups is 1. The number of hydrogen-bond donors (Lipinski definition) is 10. The minimum Gasteiger partial charge on any atom is -1.00 e. The Morgan fingerprint density at radius 1 is 0.833 bits per heavy atom. The predicted molar refractivity (Wildman–Crippen MR) is 375 cm³/mol. The van der Waals surface area contributed by atoms with Gasteiger partial charge in [0.05, 0.1) is 60.5 Å². The van der Waals surface area contributed by atoms with E-state index >= 15 is 4.79 Å². The van der Waals surface area contributed by atoms with E-state index in [9.17, 15) is 58.8 Å². The van der Waals surface area contributed by atoms with Gasteiger partial charge in [-0.1, -0.05) is 92.2 Å². The van der Waals surface area contributed by atoms with Crippen LogP contribution in [0.1, 0.15) is 149 Å². The van der Waals surface area contributed by atoms with Crippen molar-refractivity contribution < 1.29 is 99.4 Å². The number of phenolic OH excluding ortho intramolecular Hbond substituents is 2. The third kappa shape index (κ3) is 18.3. The number of ether oxygens (including phenoxy) is 4. The third-order valence-corrected chi connectivity index (χ3v) is 20.1. The number of methoxy groups -OCH3 is 1. The molecule has 0 aliphatic carbocycles. The number of allylic oxidation sites excluding steroid dienone is 2. The second-order valence-electron chi connectivity index (χ2n) is 28.7. The van der Waals surface area contributed by atoms with Crippen molar-refractivity contribution in [2.75, 3.05) is 50.5 Å². The van der Waals surface area contributed by atoms with Gasteiger partial charge in [-0.3, -0.25) is 53.2 Å². The number of ketones is 1. The number of likely N-dealkylation sites (tertiary alicyclic amines) is 1. The number of unbranched alkanes of at least 4 members (excludes halogenated alkanes) is 2. The van der Waals surface area contributed by atoms with Gasteiger partial charge in [-0.05, 0) is 63.7 Å². The van der Waals surface area contributed by atoms with E-state index in [2.05, 4.69) is 40.4 Å². The molecule has 8 amide bonds. The first-order valence-electron chi connectivity index (χ1n) is 34.9. The van der Waals surface area contributed by atoms with Gasteiger partial charge in [0, 0.05) is 123 Å². The van der Waals surface area contributed by atoms with Crippen molar-refractivity contribution in [2.45, 2.75) is 189 Å². The normalized spacial score (nSPS) is 26.8. The fraction of sp³-hybridized carbons (Fsp3) is 0.554. The van der Waals surface area contributed by atoms with E-state index in [1.807, 2.05) is 12.1 Å². The first-order valence-corrected chi connectivity index (χ1v) is 34.9. The molecule has 5 heterocycles. The Labute approximate surface area is 600 Å². The van der Waals surface area contributed by atoms with Crippen molar-refractivity contribution in [2.24, 2.45) is 51.2 Å². The van der Waals surface area contributed by atoms with E-state index in [1.165, 1.54) is 58.4 Å². The van der Waals surface area contributed by atoms with Gasteiger partial charge in [0.15, 0.2) is 11.4 Å². The smallest absolute Gasteiger partial charge is 0.312 e. The summed E-state index contributed by atoms with van der Waals surface area (Å²) in [6.45, 7) is 23.2. The molecule has 8 rings (SSSR count). The first kappa shape index (κ1) is 80.6. The van der Waals surface area contributed by atoms with Crippen molar-refractivity contribution in [3.05, 3.63) is 100.0 Å². The Balaban J connectivity index is 0.0000146. The number of rotatable bonds is 22. The maximum absolute atomic E-state index is 15.2. The zero-order valence-electron chi connectivity index (χ0n) is 60.5. The molecular formula is C74H101ClN10O17. The largest absolute Gasteiger partial charge is 1.00 e. The molecule has 11 N–H and O–H groups in total. The molecule has 0 unspecified atom stereocenters. The summed E-state index contributed by atoms with van der Waals surface area (Å²) in [4.78, 5) is 131. The van der Waals surface area contributed by atoms with Crippen molar-refractivity contribution >= 4 is 75.4 Å². The number of carbonyl (C=O) groups is 9. The van der Waals surface area contributed by atoms with Gasteiger partial charge in [0.1, 0.15) is 47.3 Å². The number of urea groups is 1. The highest BCUT2D eigenvalue weighted by molar-refractivity contribution is 6.20. The number of piperidine rings is 1. The number of quaternary nitrogens is 1. The van der Waals surface area contributed by atoms with E-state index in [0.29, 0.717) is 61.9 Å². The molecule has 11 atom stereocenters. The number of halogens is 1. The predicted octanol–water partition coefficient (Wildman–Crippen LogP) is 2.97. The van der Waals surface area contributed by atoms with Crippen LogP contribution in [0.4, 0.5) is 16.2 Å². The van der Waals surface area contributed by atoms with Crippen LogP contribution in [0.2, 0.25) is 0 Å². The molecule has 0 saturated carbocycles. The number of fused-ring (bicyclic) bond motifs is 1. The fourth-order valence-electron chi connectivity index (χ4n) is 14.4. The van der Waals surface area contributed by atoms with Gasteiger partial charge < -0.3 is 88.6 Å². The van der Waals surface area contributed by atoms with Crippen LogP contribution in [0.25, 0.3) is 10.8 Å². The number of nitrogens with two attached hydrogens (primary N) is 1. The number of Topliss-reactive ketones (excluding diaryl/α,β-unsaturated/α-hetero) is 1. The highest BCUT2D eigenvalue weighted by atomic mass is 35.5. The van der Waals surface area contributed by atoms with Crippen LogP contribution in [-0.2, 0) is 54.3 Å². The Morgan fingerprint density at radius 2 is 1.49 bits per heavy atom. The molecule has 3 aromatic rings. The van der Waals surface area contributed by atoms with Crippen molar-refractivity contribution in [3.8, 4) is 17.2 Å². The number of phenols is 2. The van der Waals surface area contributed by atoms with Gasteiger partial charge in [0.2, 0.25) is 17.7 Å². The number of aliphatic hydroxyl groups excluding tert-OH is 2. The maximum atomic E-state index is 15.2. The van der Waals surface area contributed by atoms with Gasteiger partial charge >= 0.3 is 17.8 Å². The monoisotopic (exact) mass is 1440 g/mol. The number of amides is 8. The van der Waals surface area contributed by atoms with Crippen molar-refractivity contribution in [3.63, 3.8) is 0 Å². The number of nitrogens with zero attached hydrogens (tertiary/aromatic N) is 4. The van der Waals surface area contributed by atoms with Gasteiger partial charge in [-0.2, -0.15) is 0 Å². The Bertz CT molecular complexity index is 3920. The molecule has 0 aromatic heterocycles. The quantitative estimate of drug-likeness (QED) is 0.0227. The Kier molecular flexibility index (Phi) is 26.9. The molecule has 1 spiro atoms. The zero-order valence-corrected chi connectivity index (χ0v) is 61.3. The lowest BCUT2D eigenvalue weighted by Gasteiger charge is -2.46. The topological polar surface area (TPSA) is 386 Å². The van der Waals surface area contributed by atoms with Crippen LogP contribution in [0.15, 0.2) is 82.5 Å². The second-order valence-corrected chi connectivity index (χ2v) is 28.7. The number of anilines is 2. The molecule has 27 nitrogen and oxygen atoms in total. The zero-order chi connectivity index (χ0) is 74.2. The Morgan fingerprint density at radius 3 is 2.11 bits per heavy atom. The summed E-state index contributed by atoms with van der Waals surface area (Å²) in [6, 6.07) is 4.55. The van der Waals surface area contributed by atoms with Crippen molar-refractivity contribution in [1.29, 1.82) is 0 Å². The van der Waals surface area contributed by atoms with Crippen LogP contribution >= 0.6 is 0 Å². The lowest BCUT2D eigenvalue weighted by molar-refractivity contribution is -0.948. The minimum atomic E-state index is -2.07. The lowest BCUT2D eigenvalue weighted by Crippen LogP contribution is -3.00. The summed E-state index contributed by atoms with van der Waals surface area (Å²) >= 11 is 0. The van der Waals surface area contributed by atoms with Crippen LogP contribution in [0, 0.1) is 42.4 Å². The number of primary amides is 1. The number of aliphatic hydroxyl groups is 2. The van der Waals surface area contributed by atoms with E-state index < -0.39 is 119 Å². The van der Waals surface area contributed by atoms with Crippen molar-refractivity contribution in [1.82, 2.24) is 20.9 Å². The number of esters is 1. The van der Waals surface area contributed by atoms with Crippen LogP contribution < -0.4 is 60.2 Å². The standard InChI is InChI=1S/C74H100N10O17.ClH/c1-39(2)37-84(38-48-23-25-49(26-24-48)77-70(95)50(21-18-32-76-72(75)97)78-71(96)58(40(3)4)79-52(86)22-15-14-16-33-83-53(87)27-28-54(83)88)34-30-74(31-35-84)81-59-55-56-64(91)46(10)67-57(55)68(93)73(12,101-67)99-36-29-51(98-13)43(7)66(100-47(11)85)45(9)63(90)44(8)62(89)41(5)19-17-20-42(6)69(94)80-61(65(56)92)60(59)82-74;/h17,19-20,23-29,36,39-41,43-45,50-51,58,62-63,66,89-90H,14-16,18,21-22,30-35,37-38H2,1-13H3,(H8-,75,76,77,78,79,80,81,82,86,87,88,91,92,93,94,95,96,97);1H/b19-17?,36-29?,42-20-;/t41-,43+,44+,45+,50-,51-,58-,62-,63+,66+,73-,74?,84?;/m0./s1. The van der Waals surface area contributed by atoms with E-state index in [1.54, 1.807) is 72.8 Å². The second kappa shape index (κ2) is 34.0. The Hall–Kier alpha value is -8.76. The summed E-state index contributed by atoms with van der Waals surface area (Å²) in [6.07, 6.45) is 8.69. The average Bonchev–Trinajstić information content (AvgIpc) is 1.51. The number of nitrogens with one attached hydrogen (secondary N) is 5. The molecule has 1 saturated heterocycles. The minimum absolute atomic E-state index is 0. The molecule has 556 valence electrons. The number of hydrogen-bond acceptors (Lipinski definition) is 19. The molecule has 4 bridgehead atoms. The molecule has 102 heavy (non-hydrogen) atoms. The van der Waals surface area contributed by atoms with E-state index in [0.717, 1.165) is 17.0 Å². The van der Waals surface area contributed by atoms with E-state index in [-0.39, 0.29) is 124 Å². The van der Waals surface area contributed by atoms with Gasteiger partial charge in [0.25, 0.3) is 23.5 Å². The van der Waals surface area contributed by atoms with Crippen LogP contribution in [0.3, 0.4) is 0 Å². The van der Waals surface area contributed by atoms with Crippen LogP contribution in [0.5, 0.6) is 17.2 Å². The summed E-state index contributed by atoms with van der Waals surface area (Å²) < 4.78 is 24.9. The molecule has 1 fully saturated rings. The third-order valence-electron chi connectivity index (χ3n) is 20.1. The molecular weight excluding hydrogens is 1340 g/mol. The number of benzene rings is 3. The summed E-state index contributed by atoms with van der Waals surface area (Å²) in [5.41, 5.74) is 5.58. The summed E-state index contributed by atoms with van der Waals surface area (Å²) in [5, 5.41) is 62.1. The average molecular weight is 1440 g/mol. The lowest BCUT2D eigenvalue weighted by atomic mass is 9.78. The number of carbonyl (C=O) groups excluding carboxylic acids is 9. The highest BCUT2D eigenvalue weighted by Gasteiger charge is 2.51. The molecule has 28 heteroatoms. The summed E-state index contributed by atoms with van der Waals surface area (Å²) in [5.74, 6) is -10.1. The van der Waals surface area contributed by atoms with E-state index in [4.69, 9.17) is 34.7 Å². The maximum Gasteiger partial charge on any atom is 0.312 e. The SMILES string of the molecule is CO[C@H]1C=CO[C@@]2(C)Oc3c(C)c(O)c4c(O)c(c5c(c4c3C2=O)=NC2(CC[N+](Cc3ccc(NC(=O)[C@H](CCCNC(N)=O)NC(=O)[C@@H](NC(=O)CCCCCN4C(=O)C=CC4=O)C(C)C)cc3)(CC(C)C)CC2)N=5)NC(=O)/C(C)=C\C=C[C@H](C)[C@H](O)[C@@H](C)[C@@H](O)[C@@H](C)[C@H](OC(C)=O)[C@@H]1C.[Cl-].